The average molecular weight is 294 g/mol. The van der Waals surface area contributed by atoms with Gasteiger partial charge in [-0.25, -0.2) is 0 Å². The van der Waals surface area contributed by atoms with Crippen molar-refractivity contribution in [2.45, 2.75) is 19.6 Å². The first-order valence-electron chi connectivity index (χ1n) is 6.67. The minimum absolute atomic E-state index is 0.190. The van der Waals surface area contributed by atoms with E-state index in [1.807, 2.05) is 13.0 Å². The fraction of sp³-hybridized carbons (Fsp3) is 0.250. The van der Waals surface area contributed by atoms with Crippen molar-refractivity contribution in [2.75, 3.05) is 17.2 Å². The number of anilines is 2. The second-order valence-electron chi connectivity index (χ2n) is 4.77. The summed E-state index contributed by atoms with van der Waals surface area (Å²) in [6.45, 7) is 2.69. The van der Waals surface area contributed by atoms with Crippen molar-refractivity contribution < 1.29 is 13.2 Å². The molecule has 0 aliphatic carbocycles. The molecule has 0 aliphatic rings. The van der Waals surface area contributed by atoms with E-state index >= 15 is 0 Å². The lowest BCUT2D eigenvalue weighted by molar-refractivity contribution is -0.137. The van der Waals surface area contributed by atoms with E-state index in [2.05, 4.69) is 0 Å². The minimum Gasteiger partial charge on any atom is -0.399 e. The number of rotatable bonds is 4. The van der Waals surface area contributed by atoms with Crippen LogP contribution >= 0.6 is 0 Å². The molecule has 0 saturated heterocycles. The molecule has 0 unspecified atom stereocenters. The van der Waals surface area contributed by atoms with Gasteiger partial charge in [0.05, 0.1) is 5.56 Å². The van der Waals surface area contributed by atoms with Crippen LogP contribution in [0.5, 0.6) is 0 Å². The Morgan fingerprint density at radius 1 is 1.05 bits per heavy atom. The van der Waals surface area contributed by atoms with Gasteiger partial charge in [0.25, 0.3) is 0 Å². The number of nitrogens with two attached hydrogens (primary N) is 1. The summed E-state index contributed by atoms with van der Waals surface area (Å²) in [4.78, 5) is 1.69. The number of halogens is 3. The highest BCUT2D eigenvalue weighted by atomic mass is 19.4. The first-order valence-corrected chi connectivity index (χ1v) is 6.67. The van der Waals surface area contributed by atoms with Crippen LogP contribution in [0.25, 0.3) is 0 Å². The van der Waals surface area contributed by atoms with E-state index in [4.69, 9.17) is 5.73 Å². The van der Waals surface area contributed by atoms with Crippen LogP contribution in [0.1, 0.15) is 18.1 Å². The maximum Gasteiger partial charge on any atom is 0.418 e. The highest BCUT2D eigenvalue weighted by Crippen LogP contribution is 2.36. The molecule has 2 rings (SSSR count). The van der Waals surface area contributed by atoms with Crippen LogP contribution in [0.4, 0.5) is 24.5 Å². The van der Waals surface area contributed by atoms with Gasteiger partial charge in [-0.3, -0.25) is 0 Å². The number of nitrogen functional groups attached to an aromatic ring is 1. The van der Waals surface area contributed by atoms with Crippen LogP contribution in [0.2, 0.25) is 0 Å². The molecule has 0 aliphatic heterocycles. The lowest BCUT2D eigenvalue weighted by atomic mass is 10.1. The molecule has 0 heterocycles. The van der Waals surface area contributed by atoms with E-state index in [0.29, 0.717) is 18.8 Å². The van der Waals surface area contributed by atoms with E-state index in [-0.39, 0.29) is 5.69 Å². The largest absolute Gasteiger partial charge is 0.418 e. The molecular weight excluding hydrogens is 277 g/mol. The Balaban J connectivity index is 2.34. The van der Waals surface area contributed by atoms with E-state index in [9.17, 15) is 13.2 Å². The van der Waals surface area contributed by atoms with Crippen LogP contribution in [0.3, 0.4) is 0 Å². The molecule has 0 saturated carbocycles. The van der Waals surface area contributed by atoms with Crippen molar-refractivity contribution in [3.63, 3.8) is 0 Å². The molecule has 2 nitrogen and oxygen atoms in total. The van der Waals surface area contributed by atoms with Crippen molar-refractivity contribution in [3.05, 3.63) is 59.7 Å². The maximum atomic E-state index is 13.1. The molecule has 0 fully saturated rings. The van der Waals surface area contributed by atoms with E-state index in [0.717, 1.165) is 11.6 Å². The van der Waals surface area contributed by atoms with E-state index in [1.54, 1.807) is 29.2 Å². The standard InChI is InChI=1S/C16H17F3N2/c1-2-21(11-12-6-5-7-13(20)10-12)15-9-4-3-8-14(15)16(17,18)19/h3-10H,2,11,20H2,1H3. The normalized spacial score (nSPS) is 11.4. The summed E-state index contributed by atoms with van der Waals surface area (Å²) in [5, 5.41) is 0. The first-order chi connectivity index (χ1) is 9.91. The SMILES string of the molecule is CCN(Cc1cccc(N)c1)c1ccccc1C(F)(F)F. The summed E-state index contributed by atoms with van der Waals surface area (Å²) in [5.74, 6) is 0. The Hall–Kier alpha value is -2.17. The predicted molar refractivity (Wildman–Crippen MR) is 79.0 cm³/mol. The zero-order valence-electron chi connectivity index (χ0n) is 11.7. The third-order valence-electron chi connectivity index (χ3n) is 3.26. The van der Waals surface area contributed by atoms with Gasteiger partial charge in [-0.05, 0) is 36.8 Å². The lowest BCUT2D eigenvalue weighted by Gasteiger charge is -2.26. The maximum absolute atomic E-state index is 13.1. The molecule has 0 aromatic heterocycles. The average Bonchev–Trinajstić information content (AvgIpc) is 2.44. The number of alkyl halides is 3. The van der Waals surface area contributed by atoms with Gasteiger partial charge >= 0.3 is 6.18 Å². The molecule has 112 valence electrons. The first kappa shape index (κ1) is 15.2. The van der Waals surface area contributed by atoms with Crippen molar-refractivity contribution >= 4 is 11.4 Å². The molecule has 0 bridgehead atoms. The van der Waals surface area contributed by atoms with Crippen LogP contribution < -0.4 is 10.6 Å². The van der Waals surface area contributed by atoms with Crippen molar-refractivity contribution in [1.29, 1.82) is 0 Å². The number of hydrogen-bond donors (Lipinski definition) is 1. The minimum atomic E-state index is -4.36. The lowest BCUT2D eigenvalue weighted by Crippen LogP contribution is -2.25. The van der Waals surface area contributed by atoms with Gasteiger partial charge in [-0.1, -0.05) is 24.3 Å². The summed E-state index contributed by atoms with van der Waals surface area (Å²) in [6.07, 6.45) is -4.36. The fourth-order valence-electron chi connectivity index (χ4n) is 2.27. The zero-order valence-corrected chi connectivity index (χ0v) is 11.7. The van der Waals surface area contributed by atoms with Crippen molar-refractivity contribution in [3.8, 4) is 0 Å². The van der Waals surface area contributed by atoms with Gasteiger partial charge in [-0.2, -0.15) is 13.2 Å². The molecule has 2 aromatic rings. The van der Waals surface area contributed by atoms with Crippen LogP contribution in [-0.2, 0) is 12.7 Å². The third kappa shape index (κ3) is 3.68. The number of hydrogen-bond acceptors (Lipinski definition) is 2. The quantitative estimate of drug-likeness (QED) is 0.851. The van der Waals surface area contributed by atoms with Gasteiger partial charge in [0.2, 0.25) is 0 Å². The summed E-state index contributed by atoms with van der Waals surface area (Å²) in [6, 6.07) is 12.8. The molecule has 0 spiro atoms. The van der Waals surface area contributed by atoms with Gasteiger partial charge in [0.1, 0.15) is 0 Å². The molecule has 5 heteroatoms. The topological polar surface area (TPSA) is 29.3 Å². The second kappa shape index (κ2) is 6.08. The molecule has 2 N–H and O–H groups in total. The molecule has 21 heavy (non-hydrogen) atoms. The number of benzene rings is 2. The highest BCUT2D eigenvalue weighted by molar-refractivity contribution is 5.55. The van der Waals surface area contributed by atoms with Crippen molar-refractivity contribution in [2.24, 2.45) is 0 Å². The Morgan fingerprint density at radius 2 is 1.76 bits per heavy atom. The Morgan fingerprint density at radius 3 is 2.38 bits per heavy atom. The molecule has 2 aromatic carbocycles. The zero-order chi connectivity index (χ0) is 15.5. The van der Waals surface area contributed by atoms with Gasteiger partial charge in [-0.15, -0.1) is 0 Å². The van der Waals surface area contributed by atoms with E-state index < -0.39 is 11.7 Å². The van der Waals surface area contributed by atoms with Crippen LogP contribution in [0.15, 0.2) is 48.5 Å². The monoisotopic (exact) mass is 294 g/mol. The molecule has 0 atom stereocenters. The molecular formula is C16H17F3N2. The predicted octanol–water partition coefficient (Wildman–Crippen LogP) is 4.31. The number of para-hydroxylation sites is 1. The fourth-order valence-corrected chi connectivity index (χ4v) is 2.27. The van der Waals surface area contributed by atoms with Gasteiger partial charge in [0, 0.05) is 24.5 Å². The van der Waals surface area contributed by atoms with Crippen molar-refractivity contribution in [1.82, 2.24) is 0 Å². The van der Waals surface area contributed by atoms with Crippen LogP contribution in [0, 0.1) is 0 Å². The molecule has 0 amide bonds. The van der Waals surface area contributed by atoms with Gasteiger partial charge < -0.3 is 10.6 Å². The van der Waals surface area contributed by atoms with Gasteiger partial charge in [0.15, 0.2) is 0 Å². The Labute approximate surface area is 122 Å². The number of nitrogens with zero attached hydrogens (tertiary/aromatic N) is 1. The smallest absolute Gasteiger partial charge is 0.399 e. The van der Waals surface area contributed by atoms with Crippen LogP contribution in [-0.4, -0.2) is 6.54 Å². The van der Waals surface area contributed by atoms with E-state index in [1.165, 1.54) is 12.1 Å². The summed E-state index contributed by atoms with van der Waals surface area (Å²) in [5.41, 5.74) is 6.78. The Bertz CT molecular complexity index is 608. The summed E-state index contributed by atoms with van der Waals surface area (Å²) in [7, 11) is 0. The highest BCUT2D eigenvalue weighted by Gasteiger charge is 2.34. The third-order valence-corrected chi connectivity index (χ3v) is 3.26. The molecule has 0 radical (unpaired) electrons. The second-order valence-corrected chi connectivity index (χ2v) is 4.77. The summed E-state index contributed by atoms with van der Waals surface area (Å²) < 4.78 is 39.3. The Kier molecular flexibility index (Phi) is 4.40. The summed E-state index contributed by atoms with van der Waals surface area (Å²) >= 11 is 0.